The van der Waals surface area contributed by atoms with E-state index >= 15 is 0 Å². The fourth-order valence-corrected chi connectivity index (χ4v) is 3.65. The monoisotopic (exact) mass is 410 g/mol. The van der Waals surface area contributed by atoms with Crippen molar-refractivity contribution >= 4 is 17.5 Å². The zero-order valence-corrected chi connectivity index (χ0v) is 17.6. The Hall–Kier alpha value is -2.63. The fourth-order valence-electron chi connectivity index (χ4n) is 3.46. The fraction of sp³-hybridized carbons (Fsp3) is 0.304. The molecular weight excluding hydrogens is 384 g/mol. The molecule has 0 aliphatic heterocycles. The topological polar surface area (TPSA) is 50.2 Å². The molecule has 0 radical (unpaired) electrons. The number of nitrogens with one attached hydrogen (secondary N) is 1. The van der Waals surface area contributed by atoms with Crippen molar-refractivity contribution < 1.29 is 4.79 Å². The summed E-state index contributed by atoms with van der Waals surface area (Å²) in [6.45, 7) is 7.18. The average Bonchev–Trinajstić information content (AvgIpc) is 3.22. The maximum Gasteiger partial charge on any atom is 0.254 e. The number of aromatic nitrogens is 2. The predicted molar refractivity (Wildman–Crippen MR) is 117 cm³/mol. The lowest BCUT2D eigenvalue weighted by molar-refractivity contribution is 0.0935. The van der Waals surface area contributed by atoms with Gasteiger partial charge in [0.2, 0.25) is 0 Å². The molecule has 1 unspecified atom stereocenters. The normalized spacial score (nSPS) is 12.1. The van der Waals surface area contributed by atoms with Gasteiger partial charge in [-0.05, 0) is 30.3 Å². The smallest absolute Gasteiger partial charge is 0.254 e. The lowest BCUT2D eigenvalue weighted by Crippen LogP contribution is -2.38. The molecule has 5 nitrogen and oxygen atoms in total. The second-order valence-corrected chi connectivity index (χ2v) is 7.28. The standard InChI is InChI=1S/C23H27ClN4O/c1-3-27(4-2)22(18-10-6-5-7-11-18)15-25-23(29)20-14-26-28(17-20)16-19-12-8-9-13-21(19)24/h5-14,17,22H,3-4,15-16H2,1-2H3,(H,25,29). The van der Waals surface area contributed by atoms with Gasteiger partial charge in [-0.15, -0.1) is 0 Å². The lowest BCUT2D eigenvalue weighted by Gasteiger charge is -2.30. The van der Waals surface area contributed by atoms with E-state index in [1.807, 2.05) is 42.5 Å². The Morgan fingerprint density at radius 2 is 1.79 bits per heavy atom. The summed E-state index contributed by atoms with van der Waals surface area (Å²) >= 11 is 6.22. The summed E-state index contributed by atoms with van der Waals surface area (Å²) in [5.41, 5.74) is 2.71. The molecule has 1 atom stereocenters. The summed E-state index contributed by atoms with van der Waals surface area (Å²) in [4.78, 5) is 15.0. The quantitative estimate of drug-likeness (QED) is 0.568. The molecule has 1 N–H and O–H groups in total. The summed E-state index contributed by atoms with van der Waals surface area (Å²) in [6.07, 6.45) is 3.36. The Labute approximate surface area is 177 Å². The van der Waals surface area contributed by atoms with Crippen molar-refractivity contribution in [3.8, 4) is 0 Å². The summed E-state index contributed by atoms with van der Waals surface area (Å²) in [6, 6.07) is 18.1. The molecule has 29 heavy (non-hydrogen) atoms. The number of nitrogens with zero attached hydrogens (tertiary/aromatic N) is 3. The average molecular weight is 411 g/mol. The van der Waals surface area contributed by atoms with Gasteiger partial charge in [0, 0.05) is 17.8 Å². The second-order valence-electron chi connectivity index (χ2n) is 6.88. The molecule has 3 aromatic rings. The van der Waals surface area contributed by atoms with E-state index in [1.54, 1.807) is 17.1 Å². The van der Waals surface area contributed by atoms with Gasteiger partial charge in [-0.1, -0.05) is 74.0 Å². The maximum atomic E-state index is 12.7. The Bertz CT molecular complexity index is 921. The molecule has 2 aromatic carbocycles. The van der Waals surface area contributed by atoms with E-state index in [0.717, 1.165) is 18.7 Å². The molecule has 152 valence electrons. The molecule has 3 rings (SSSR count). The van der Waals surface area contributed by atoms with Gasteiger partial charge < -0.3 is 5.32 Å². The van der Waals surface area contributed by atoms with Gasteiger partial charge in [0.05, 0.1) is 24.3 Å². The molecule has 0 aliphatic carbocycles. The Morgan fingerprint density at radius 1 is 1.10 bits per heavy atom. The predicted octanol–water partition coefficient (Wildman–Crippen LogP) is 4.40. The Balaban J connectivity index is 1.66. The van der Waals surface area contributed by atoms with Gasteiger partial charge >= 0.3 is 0 Å². The minimum Gasteiger partial charge on any atom is -0.350 e. The summed E-state index contributed by atoms with van der Waals surface area (Å²) in [7, 11) is 0. The first-order valence-corrected chi connectivity index (χ1v) is 10.3. The van der Waals surface area contributed by atoms with Crippen LogP contribution in [0.1, 0.15) is 41.4 Å². The van der Waals surface area contributed by atoms with Gasteiger partial charge in [-0.3, -0.25) is 14.4 Å². The molecule has 0 saturated carbocycles. The van der Waals surface area contributed by atoms with Crippen LogP contribution in [0.15, 0.2) is 67.0 Å². The van der Waals surface area contributed by atoms with Crippen LogP contribution in [0.2, 0.25) is 5.02 Å². The van der Waals surface area contributed by atoms with E-state index in [2.05, 4.69) is 41.3 Å². The number of hydrogen-bond donors (Lipinski definition) is 1. The van der Waals surface area contributed by atoms with Gasteiger partial charge in [0.25, 0.3) is 5.91 Å². The van der Waals surface area contributed by atoms with E-state index in [4.69, 9.17) is 11.6 Å². The molecule has 0 fully saturated rings. The number of benzene rings is 2. The molecule has 0 bridgehead atoms. The molecule has 0 saturated heterocycles. The van der Waals surface area contributed by atoms with E-state index in [-0.39, 0.29) is 11.9 Å². The first-order chi connectivity index (χ1) is 14.1. The third-order valence-corrected chi connectivity index (χ3v) is 5.45. The lowest BCUT2D eigenvalue weighted by atomic mass is 10.0. The zero-order valence-electron chi connectivity index (χ0n) is 16.9. The number of halogens is 1. The van der Waals surface area contributed by atoms with Crippen LogP contribution in [0, 0.1) is 0 Å². The van der Waals surface area contributed by atoms with Crippen LogP contribution in [0.5, 0.6) is 0 Å². The van der Waals surface area contributed by atoms with Gasteiger partial charge in [0.1, 0.15) is 0 Å². The molecule has 6 heteroatoms. The third-order valence-electron chi connectivity index (χ3n) is 5.08. The molecule has 1 amide bonds. The van der Waals surface area contributed by atoms with Crippen LogP contribution in [0.25, 0.3) is 0 Å². The van der Waals surface area contributed by atoms with Crippen molar-refractivity contribution in [2.45, 2.75) is 26.4 Å². The number of carbonyl (C=O) groups excluding carboxylic acids is 1. The van der Waals surface area contributed by atoms with Crippen LogP contribution in [0.4, 0.5) is 0 Å². The summed E-state index contributed by atoms with van der Waals surface area (Å²) < 4.78 is 1.73. The minimum atomic E-state index is -0.122. The summed E-state index contributed by atoms with van der Waals surface area (Å²) in [5, 5.41) is 8.08. The number of amides is 1. The van der Waals surface area contributed by atoms with Crippen LogP contribution in [-0.4, -0.2) is 40.2 Å². The van der Waals surface area contributed by atoms with E-state index < -0.39 is 0 Å². The van der Waals surface area contributed by atoms with E-state index in [9.17, 15) is 4.79 Å². The summed E-state index contributed by atoms with van der Waals surface area (Å²) in [5.74, 6) is -0.122. The van der Waals surface area contributed by atoms with Crippen molar-refractivity contribution in [1.82, 2.24) is 20.0 Å². The van der Waals surface area contributed by atoms with Crippen LogP contribution >= 0.6 is 11.6 Å². The van der Waals surface area contributed by atoms with Crippen molar-refractivity contribution in [2.24, 2.45) is 0 Å². The van der Waals surface area contributed by atoms with Crippen LogP contribution < -0.4 is 5.32 Å². The maximum absolute atomic E-state index is 12.7. The largest absolute Gasteiger partial charge is 0.350 e. The molecule has 0 spiro atoms. The number of hydrogen-bond acceptors (Lipinski definition) is 3. The number of likely N-dealkylation sites (N-methyl/N-ethyl adjacent to an activating group) is 1. The molecule has 1 heterocycles. The highest BCUT2D eigenvalue weighted by Crippen LogP contribution is 2.20. The SMILES string of the molecule is CCN(CC)C(CNC(=O)c1cnn(Cc2ccccc2Cl)c1)c1ccccc1. The van der Waals surface area contributed by atoms with Gasteiger partial charge in [0.15, 0.2) is 0 Å². The highest BCUT2D eigenvalue weighted by atomic mass is 35.5. The first-order valence-electron chi connectivity index (χ1n) is 9.95. The Kier molecular flexibility index (Phi) is 7.44. The molecule has 1 aromatic heterocycles. The number of rotatable bonds is 9. The van der Waals surface area contributed by atoms with Crippen molar-refractivity contribution in [3.63, 3.8) is 0 Å². The van der Waals surface area contributed by atoms with Gasteiger partial charge in [-0.2, -0.15) is 5.10 Å². The molecular formula is C23H27ClN4O. The number of carbonyl (C=O) groups is 1. The zero-order chi connectivity index (χ0) is 20.6. The first kappa shape index (κ1) is 21.1. The van der Waals surface area contributed by atoms with Crippen LogP contribution in [-0.2, 0) is 6.54 Å². The highest BCUT2D eigenvalue weighted by Gasteiger charge is 2.19. The third kappa shape index (κ3) is 5.46. The highest BCUT2D eigenvalue weighted by molar-refractivity contribution is 6.31. The molecule has 0 aliphatic rings. The van der Waals surface area contributed by atoms with E-state index in [0.29, 0.717) is 23.7 Å². The second kappa shape index (κ2) is 10.2. The minimum absolute atomic E-state index is 0.122. The van der Waals surface area contributed by atoms with Crippen molar-refractivity contribution in [3.05, 3.63) is 88.7 Å². The van der Waals surface area contributed by atoms with Gasteiger partial charge in [-0.25, -0.2) is 0 Å². The van der Waals surface area contributed by atoms with Crippen LogP contribution in [0.3, 0.4) is 0 Å². The van der Waals surface area contributed by atoms with E-state index in [1.165, 1.54) is 5.56 Å². The van der Waals surface area contributed by atoms with Crippen molar-refractivity contribution in [1.29, 1.82) is 0 Å². The van der Waals surface area contributed by atoms with Crippen molar-refractivity contribution in [2.75, 3.05) is 19.6 Å². The Morgan fingerprint density at radius 3 is 2.48 bits per heavy atom.